The number of pyridine rings is 1. The lowest BCUT2D eigenvalue weighted by molar-refractivity contribution is 0.639. The van der Waals surface area contributed by atoms with Crippen LogP contribution in [0.3, 0.4) is 0 Å². The SMILES string of the molecule is O=c1nc(SCc2cccnc2)c2c([nH]1)CCCC2. The summed E-state index contributed by atoms with van der Waals surface area (Å²) in [5, 5.41) is 0.891. The summed E-state index contributed by atoms with van der Waals surface area (Å²) in [6, 6.07) is 3.97. The number of aryl methyl sites for hydroxylation is 1. The quantitative estimate of drug-likeness (QED) is 0.689. The first-order valence-corrected chi connectivity index (χ1v) is 7.45. The minimum absolute atomic E-state index is 0.227. The van der Waals surface area contributed by atoms with Crippen LogP contribution in [0.15, 0.2) is 34.3 Å². The lowest BCUT2D eigenvalue weighted by Gasteiger charge is -2.17. The Morgan fingerprint density at radius 2 is 2.21 bits per heavy atom. The maximum absolute atomic E-state index is 11.6. The first-order chi connectivity index (χ1) is 9.33. The second-order valence-corrected chi connectivity index (χ2v) is 5.63. The van der Waals surface area contributed by atoms with Gasteiger partial charge in [0.1, 0.15) is 5.03 Å². The molecule has 0 aromatic carbocycles. The monoisotopic (exact) mass is 273 g/mol. The molecule has 19 heavy (non-hydrogen) atoms. The standard InChI is InChI=1S/C14H15N3OS/c18-14-16-12-6-2-1-5-11(12)13(17-14)19-9-10-4-3-7-15-8-10/h3-4,7-8H,1-2,5-6,9H2,(H,16,17,18). The van der Waals surface area contributed by atoms with E-state index in [1.807, 2.05) is 18.3 Å². The number of nitrogens with zero attached hydrogens (tertiary/aromatic N) is 2. The summed E-state index contributed by atoms with van der Waals surface area (Å²) in [6.45, 7) is 0. The number of aromatic amines is 1. The molecule has 0 aliphatic heterocycles. The van der Waals surface area contributed by atoms with Crippen molar-refractivity contribution in [3.63, 3.8) is 0 Å². The Hall–Kier alpha value is -1.62. The van der Waals surface area contributed by atoms with E-state index in [9.17, 15) is 4.79 Å². The zero-order valence-electron chi connectivity index (χ0n) is 10.6. The molecule has 0 bridgehead atoms. The Kier molecular flexibility index (Phi) is 3.64. The molecular weight excluding hydrogens is 258 g/mol. The molecule has 2 aromatic rings. The van der Waals surface area contributed by atoms with Crippen molar-refractivity contribution in [2.24, 2.45) is 0 Å². The normalized spacial score (nSPS) is 14.1. The first-order valence-electron chi connectivity index (χ1n) is 6.47. The molecule has 0 fully saturated rings. The number of fused-ring (bicyclic) bond motifs is 1. The van der Waals surface area contributed by atoms with Crippen LogP contribution in [0.25, 0.3) is 0 Å². The van der Waals surface area contributed by atoms with E-state index < -0.39 is 0 Å². The molecule has 1 N–H and O–H groups in total. The molecule has 1 aliphatic rings. The molecule has 0 spiro atoms. The average molecular weight is 273 g/mol. The number of aromatic nitrogens is 3. The molecule has 2 heterocycles. The van der Waals surface area contributed by atoms with Gasteiger partial charge in [-0.05, 0) is 37.3 Å². The van der Waals surface area contributed by atoms with Crippen molar-refractivity contribution in [3.8, 4) is 0 Å². The van der Waals surface area contributed by atoms with Gasteiger partial charge in [0.05, 0.1) is 0 Å². The van der Waals surface area contributed by atoms with Crippen molar-refractivity contribution in [3.05, 3.63) is 51.8 Å². The highest BCUT2D eigenvalue weighted by atomic mass is 32.2. The Bertz CT molecular complexity index is 624. The average Bonchev–Trinajstić information content (AvgIpc) is 2.45. The minimum atomic E-state index is -0.227. The summed E-state index contributed by atoms with van der Waals surface area (Å²) < 4.78 is 0. The molecule has 98 valence electrons. The van der Waals surface area contributed by atoms with E-state index in [1.54, 1.807) is 18.0 Å². The summed E-state index contributed by atoms with van der Waals surface area (Å²) >= 11 is 1.63. The molecule has 0 amide bonds. The molecule has 0 radical (unpaired) electrons. The predicted molar refractivity (Wildman–Crippen MR) is 75.3 cm³/mol. The summed E-state index contributed by atoms with van der Waals surface area (Å²) in [5.41, 5.74) is 3.24. The number of H-pyrrole nitrogens is 1. The van der Waals surface area contributed by atoms with E-state index in [0.29, 0.717) is 0 Å². The van der Waals surface area contributed by atoms with E-state index >= 15 is 0 Å². The lowest BCUT2D eigenvalue weighted by Crippen LogP contribution is -2.19. The van der Waals surface area contributed by atoms with Crippen LogP contribution in [0.1, 0.15) is 29.7 Å². The minimum Gasteiger partial charge on any atom is -0.309 e. The van der Waals surface area contributed by atoms with Crippen molar-refractivity contribution in [2.45, 2.75) is 36.5 Å². The van der Waals surface area contributed by atoms with Crippen LogP contribution in [0, 0.1) is 0 Å². The molecule has 1 aliphatic carbocycles. The third kappa shape index (κ3) is 2.87. The topological polar surface area (TPSA) is 58.6 Å². The van der Waals surface area contributed by atoms with E-state index in [-0.39, 0.29) is 5.69 Å². The van der Waals surface area contributed by atoms with Crippen LogP contribution < -0.4 is 5.69 Å². The van der Waals surface area contributed by atoms with Crippen LogP contribution in [-0.4, -0.2) is 15.0 Å². The molecule has 5 heteroatoms. The number of rotatable bonds is 3. The number of thioether (sulfide) groups is 1. The van der Waals surface area contributed by atoms with E-state index in [2.05, 4.69) is 15.0 Å². The number of nitrogens with one attached hydrogen (secondary N) is 1. The largest absolute Gasteiger partial charge is 0.346 e. The Labute approximate surface area is 115 Å². The van der Waals surface area contributed by atoms with Crippen LogP contribution in [0.4, 0.5) is 0 Å². The van der Waals surface area contributed by atoms with Crippen LogP contribution in [0.5, 0.6) is 0 Å². The Balaban J connectivity index is 1.84. The van der Waals surface area contributed by atoms with Gasteiger partial charge in [-0.25, -0.2) is 4.79 Å². The van der Waals surface area contributed by atoms with Gasteiger partial charge in [0.2, 0.25) is 0 Å². The summed E-state index contributed by atoms with van der Waals surface area (Å²) in [5.74, 6) is 0.802. The molecule has 0 atom stereocenters. The zero-order chi connectivity index (χ0) is 13.1. The fourth-order valence-corrected chi connectivity index (χ4v) is 3.37. The fraction of sp³-hybridized carbons (Fsp3) is 0.357. The molecular formula is C14H15N3OS. The second-order valence-electron chi connectivity index (χ2n) is 4.66. The van der Waals surface area contributed by atoms with Crippen LogP contribution in [-0.2, 0) is 18.6 Å². The van der Waals surface area contributed by atoms with Gasteiger partial charge < -0.3 is 4.98 Å². The van der Waals surface area contributed by atoms with Crippen molar-refractivity contribution in [1.29, 1.82) is 0 Å². The highest BCUT2D eigenvalue weighted by molar-refractivity contribution is 7.98. The Morgan fingerprint density at radius 1 is 1.32 bits per heavy atom. The molecule has 3 rings (SSSR count). The van der Waals surface area contributed by atoms with Gasteiger partial charge in [0.15, 0.2) is 0 Å². The highest BCUT2D eigenvalue weighted by Crippen LogP contribution is 2.28. The third-order valence-electron chi connectivity index (χ3n) is 3.29. The summed E-state index contributed by atoms with van der Waals surface area (Å²) in [4.78, 5) is 22.7. The van der Waals surface area contributed by atoms with Gasteiger partial charge in [0, 0.05) is 29.4 Å². The van der Waals surface area contributed by atoms with Gasteiger partial charge in [-0.1, -0.05) is 6.07 Å². The van der Waals surface area contributed by atoms with Crippen molar-refractivity contribution in [1.82, 2.24) is 15.0 Å². The second kappa shape index (κ2) is 5.57. The maximum atomic E-state index is 11.6. The third-order valence-corrected chi connectivity index (χ3v) is 4.37. The predicted octanol–water partition coefficient (Wildman–Crippen LogP) is 2.34. The fourth-order valence-electron chi connectivity index (χ4n) is 2.35. The first kappa shape index (κ1) is 12.4. The molecule has 4 nitrogen and oxygen atoms in total. The van der Waals surface area contributed by atoms with Crippen molar-refractivity contribution in [2.75, 3.05) is 0 Å². The highest BCUT2D eigenvalue weighted by Gasteiger charge is 2.16. The Morgan fingerprint density at radius 3 is 3.05 bits per heavy atom. The van der Waals surface area contributed by atoms with Crippen molar-refractivity contribution >= 4 is 11.8 Å². The van der Waals surface area contributed by atoms with E-state index in [4.69, 9.17) is 0 Å². The molecule has 2 aromatic heterocycles. The molecule has 0 saturated carbocycles. The lowest BCUT2D eigenvalue weighted by atomic mass is 9.98. The number of hydrogen-bond donors (Lipinski definition) is 1. The van der Waals surface area contributed by atoms with Gasteiger partial charge in [-0.3, -0.25) is 4.98 Å². The summed E-state index contributed by atoms with van der Waals surface area (Å²) in [6.07, 6.45) is 7.94. The molecule has 0 unspecified atom stereocenters. The van der Waals surface area contributed by atoms with Gasteiger partial charge >= 0.3 is 5.69 Å². The van der Waals surface area contributed by atoms with Crippen LogP contribution in [0.2, 0.25) is 0 Å². The zero-order valence-corrected chi connectivity index (χ0v) is 11.4. The van der Waals surface area contributed by atoms with Gasteiger partial charge in [-0.2, -0.15) is 4.98 Å². The molecule has 0 saturated heterocycles. The maximum Gasteiger partial charge on any atom is 0.346 e. The smallest absolute Gasteiger partial charge is 0.309 e. The number of hydrogen-bond acceptors (Lipinski definition) is 4. The van der Waals surface area contributed by atoms with Crippen molar-refractivity contribution < 1.29 is 0 Å². The summed E-state index contributed by atoms with van der Waals surface area (Å²) in [7, 11) is 0. The van der Waals surface area contributed by atoms with E-state index in [0.717, 1.165) is 41.3 Å². The van der Waals surface area contributed by atoms with E-state index in [1.165, 1.54) is 12.0 Å². The van der Waals surface area contributed by atoms with Gasteiger partial charge in [0.25, 0.3) is 0 Å². The van der Waals surface area contributed by atoms with Crippen LogP contribution >= 0.6 is 11.8 Å². The van der Waals surface area contributed by atoms with Gasteiger partial charge in [-0.15, -0.1) is 11.8 Å².